The zero-order valence-corrected chi connectivity index (χ0v) is 7.80. The van der Waals surface area contributed by atoms with E-state index in [9.17, 15) is 18.0 Å². The smallest absolute Gasteiger partial charge is 0.195 e. The summed E-state index contributed by atoms with van der Waals surface area (Å²) in [5.41, 5.74) is -0.237. The van der Waals surface area contributed by atoms with Crippen LogP contribution in [0, 0.1) is 17.5 Å². The van der Waals surface area contributed by atoms with E-state index in [0.29, 0.717) is 6.29 Å². The Labute approximate surface area is 87.9 Å². The third kappa shape index (κ3) is 1.48. The highest BCUT2D eigenvalue weighted by Gasteiger charge is 2.18. The maximum absolute atomic E-state index is 13.4. The molecule has 0 saturated carbocycles. The second-order valence-corrected chi connectivity index (χ2v) is 3.03. The average Bonchev–Trinajstić information content (AvgIpc) is 2.74. The highest BCUT2D eigenvalue weighted by molar-refractivity contribution is 5.85. The first-order valence-electron chi connectivity index (χ1n) is 4.28. The van der Waals surface area contributed by atoms with Crippen LogP contribution in [0.1, 0.15) is 10.4 Å². The number of carbonyl (C=O) groups is 1. The predicted octanol–water partition coefficient (Wildman–Crippen LogP) is 2.31. The number of aromatic amines is 1. The summed E-state index contributed by atoms with van der Waals surface area (Å²) in [5, 5.41) is 5.95. The monoisotopic (exact) mass is 226 g/mol. The molecule has 3 nitrogen and oxygen atoms in total. The van der Waals surface area contributed by atoms with Crippen LogP contribution < -0.4 is 0 Å². The Morgan fingerprint density at radius 1 is 1.19 bits per heavy atom. The molecule has 0 aliphatic rings. The molecule has 1 heterocycles. The van der Waals surface area contributed by atoms with Crippen molar-refractivity contribution in [3.8, 4) is 11.3 Å². The summed E-state index contributed by atoms with van der Waals surface area (Å²) < 4.78 is 39.0. The van der Waals surface area contributed by atoms with Crippen LogP contribution in [0.25, 0.3) is 11.3 Å². The third-order valence-electron chi connectivity index (χ3n) is 2.09. The van der Waals surface area contributed by atoms with E-state index in [1.807, 2.05) is 0 Å². The fourth-order valence-corrected chi connectivity index (χ4v) is 1.31. The van der Waals surface area contributed by atoms with Gasteiger partial charge in [-0.3, -0.25) is 9.89 Å². The zero-order valence-electron chi connectivity index (χ0n) is 7.80. The van der Waals surface area contributed by atoms with Crippen LogP contribution in [0.4, 0.5) is 13.2 Å². The summed E-state index contributed by atoms with van der Waals surface area (Å²) in [6, 6.07) is 1.80. The number of benzene rings is 1. The molecule has 0 radical (unpaired) electrons. The first-order chi connectivity index (χ1) is 7.65. The predicted molar refractivity (Wildman–Crippen MR) is 49.3 cm³/mol. The van der Waals surface area contributed by atoms with Crippen LogP contribution in [0.5, 0.6) is 0 Å². The van der Waals surface area contributed by atoms with Crippen LogP contribution >= 0.6 is 0 Å². The van der Waals surface area contributed by atoms with Gasteiger partial charge in [0.15, 0.2) is 23.7 Å². The number of nitrogens with one attached hydrogen (secondary N) is 1. The van der Waals surface area contributed by atoms with Crippen molar-refractivity contribution < 1.29 is 18.0 Å². The van der Waals surface area contributed by atoms with E-state index < -0.39 is 17.5 Å². The first-order valence-corrected chi connectivity index (χ1v) is 4.28. The van der Waals surface area contributed by atoms with Gasteiger partial charge >= 0.3 is 0 Å². The summed E-state index contributed by atoms with van der Waals surface area (Å²) >= 11 is 0. The highest BCUT2D eigenvalue weighted by atomic mass is 19.2. The zero-order chi connectivity index (χ0) is 11.7. The summed E-state index contributed by atoms with van der Waals surface area (Å²) in [7, 11) is 0. The molecular formula is C10H5F3N2O. The number of nitrogens with zero attached hydrogens (tertiary/aromatic N) is 1. The summed E-state index contributed by atoms with van der Waals surface area (Å²) in [5.74, 6) is -4.24. The molecule has 0 saturated heterocycles. The van der Waals surface area contributed by atoms with E-state index in [4.69, 9.17) is 0 Å². The van der Waals surface area contributed by atoms with Gasteiger partial charge in [-0.2, -0.15) is 5.10 Å². The Morgan fingerprint density at radius 3 is 2.62 bits per heavy atom. The maximum Gasteiger partial charge on any atom is 0.195 e. The molecule has 0 amide bonds. The van der Waals surface area contributed by atoms with E-state index in [-0.39, 0.29) is 16.8 Å². The molecule has 16 heavy (non-hydrogen) atoms. The number of H-pyrrole nitrogens is 1. The normalized spacial score (nSPS) is 10.4. The van der Waals surface area contributed by atoms with Gasteiger partial charge in [-0.05, 0) is 12.1 Å². The Bertz CT molecular complexity index is 551. The van der Waals surface area contributed by atoms with Crippen molar-refractivity contribution in [2.75, 3.05) is 0 Å². The molecule has 2 rings (SSSR count). The molecule has 1 aromatic carbocycles. The SMILES string of the molecule is O=Cc1c[nH]nc1-c1ccc(F)c(F)c1F. The number of carbonyl (C=O) groups excluding carboxylic acids is 1. The van der Waals surface area contributed by atoms with Gasteiger partial charge in [0.05, 0.1) is 5.56 Å². The fourth-order valence-electron chi connectivity index (χ4n) is 1.31. The maximum atomic E-state index is 13.4. The molecule has 0 spiro atoms. The van der Waals surface area contributed by atoms with E-state index in [2.05, 4.69) is 10.2 Å². The van der Waals surface area contributed by atoms with Gasteiger partial charge in [0.1, 0.15) is 5.69 Å². The standard InChI is InChI=1S/C10H5F3N2O/c11-7-2-1-6(8(12)9(7)13)10-5(4-16)3-14-15-10/h1-4H,(H,14,15). The van der Waals surface area contributed by atoms with Crippen LogP contribution in [0.2, 0.25) is 0 Å². The number of rotatable bonds is 2. The number of aldehydes is 1. The van der Waals surface area contributed by atoms with Crippen molar-refractivity contribution in [3.05, 3.63) is 41.3 Å². The van der Waals surface area contributed by atoms with E-state index >= 15 is 0 Å². The summed E-state index contributed by atoms with van der Waals surface area (Å²) in [4.78, 5) is 10.6. The van der Waals surface area contributed by atoms with Crippen molar-refractivity contribution in [1.82, 2.24) is 10.2 Å². The van der Waals surface area contributed by atoms with Crippen molar-refractivity contribution in [3.63, 3.8) is 0 Å². The molecule has 0 aliphatic carbocycles. The Kier molecular flexibility index (Phi) is 2.47. The average molecular weight is 226 g/mol. The van der Waals surface area contributed by atoms with Crippen LogP contribution in [0.15, 0.2) is 18.3 Å². The largest absolute Gasteiger partial charge is 0.298 e. The molecule has 0 unspecified atom stereocenters. The van der Waals surface area contributed by atoms with E-state index in [0.717, 1.165) is 12.1 Å². The molecule has 6 heteroatoms. The molecule has 0 bridgehead atoms. The number of aromatic nitrogens is 2. The highest BCUT2D eigenvalue weighted by Crippen LogP contribution is 2.26. The van der Waals surface area contributed by atoms with Crippen LogP contribution in [-0.4, -0.2) is 16.5 Å². The Morgan fingerprint density at radius 2 is 1.94 bits per heavy atom. The quantitative estimate of drug-likeness (QED) is 0.630. The van der Waals surface area contributed by atoms with Crippen molar-refractivity contribution >= 4 is 6.29 Å². The lowest BCUT2D eigenvalue weighted by Crippen LogP contribution is -1.95. The first kappa shape index (κ1) is 10.4. The molecule has 0 fully saturated rings. The molecule has 1 N–H and O–H groups in total. The minimum absolute atomic E-state index is 0.0496. The van der Waals surface area contributed by atoms with Crippen LogP contribution in [-0.2, 0) is 0 Å². The second kappa shape index (κ2) is 3.80. The molecular weight excluding hydrogens is 221 g/mol. The van der Waals surface area contributed by atoms with Gasteiger partial charge in [-0.15, -0.1) is 0 Å². The molecule has 1 aromatic heterocycles. The van der Waals surface area contributed by atoms with Crippen molar-refractivity contribution in [1.29, 1.82) is 0 Å². The Balaban J connectivity index is 2.65. The minimum atomic E-state index is -1.59. The molecule has 0 atom stereocenters. The van der Waals surface area contributed by atoms with Crippen LogP contribution in [0.3, 0.4) is 0 Å². The number of halogens is 3. The third-order valence-corrected chi connectivity index (χ3v) is 2.09. The summed E-state index contributed by atoms with van der Waals surface area (Å²) in [6.45, 7) is 0. The minimum Gasteiger partial charge on any atom is -0.298 e. The summed E-state index contributed by atoms with van der Waals surface area (Å²) in [6.07, 6.45) is 1.68. The lowest BCUT2D eigenvalue weighted by Gasteiger charge is -2.01. The molecule has 82 valence electrons. The topological polar surface area (TPSA) is 45.8 Å². The fraction of sp³-hybridized carbons (Fsp3) is 0. The van der Waals surface area contributed by atoms with Gasteiger partial charge in [0, 0.05) is 11.8 Å². The van der Waals surface area contributed by atoms with Gasteiger partial charge in [-0.25, -0.2) is 13.2 Å². The van der Waals surface area contributed by atoms with Gasteiger partial charge in [0.2, 0.25) is 0 Å². The van der Waals surface area contributed by atoms with Crippen molar-refractivity contribution in [2.24, 2.45) is 0 Å². The van der Waals surface area contributed by atoms with Gasteiger partial charge < -0.3 is 0 Å². The van der Waals surface area contributed by atoms with Gasteiger partial charge in [0.25, 0.3) is 0 Å². The molecule has 2 aromatic rings. The van der Waals surface area contributed by atoms with E-state index in [1.165, 1.54) is 6.20 Å². The Hall–Kier alpha value is -2.11. The lowest BCUT2D eigenvalue weighted by atomic mass is 10.1. The number of hydrogen-bond donors (Lipinski definition) is 1. The second-order valence-electron chi connectivity index (χ2n) is 3.03. The molecule has 0 aliphatic heterocycles. The van der Waals surface area contributed by atoms with Crippen molar-refractivity contribution in [2.45, 2.75) is 0 Å². The number of hydrogen-bond acceptors (Lipinski definition) is 2. The van der Waals surface area contributed by atoms with E-state index in [1.54, 1.807) is 0 Å². The lowest BCUT2D eigenvalue weighted by molar-refractivity contribution is 0.112. The van der Waals surface area contributed by atoms with Gasteiger partial charge in [-0.1, -0.05) is 0 Å².